The van der Waals surface area contributed by atoms with E-state index in [4.69, 9.17) is 14.7 Å². The van der Waals surface area contributed by atoms with Gasteiger partial charge in [-0.05, 0) is 30.3 Å². The lowest BCUT2D eigenvalue weighted by atomic mass is 10.2. The summed E-state index contributed by atoms with van der Waals surface area (Å²) in [6.07, 6.45) is 3.33. The van der Waals surface area contributed by atoms with Crippen molar-refractivity contribution in [3.8, 4) is 17.6 Å². The molecule has 0 aliphatic heterocycles. The van der Waals surface area contributed by atoms with Crippen LogP contribution in [0.2, 0.25) is 0 Å². The number of benzene rings is 2. The smallest absolute Gasteiger partial charge is 0.324 e. The number of pyridine rings is 1. The van der Waals surface area contributed by atoms with Crippen molar-refractivity contribution in [3.63, 3.8) is 0 Å². The van der Waals surface area contributed by atoms with Gasteiger partial charge in [0.25, 0.3) is 0 Å². The maximum atomic E-state index is 12.3. The van der Waals surface area contributed by atoms with Crippen LogP contribution in [0.4, 0.5) is 15.5 Å². The lowest BCUT2D eigenvalue weighted by Gasteiger charge is -2.10. The Bertz CT molecular complexity index is 1330. The minimum atomic E-state index is -0.411. The number of carbonyl (C=O) groups excluding carboxylic acids is 1. The van der Waals surface area contributed by atoms with Crippen LogP contribution in [0, 0.1) is 11.3 Å². The normalized spacial score (nSPS) is 10.4. The van der Waals surface area contributed by atoms with E-state index < -0.39 is 6.03 Å². The number of fused-ring (bicyclic) bond motifs is 1. The number of nitriles is 1. The van der Waals surface area contributed by atoms with Crippen LogP contribution in [0.25, 0.3) is 10.9 Å². The van der Waals surface area contributed by atoms with Gasteiger partial charge in [0.15, 0.2) is 15.8 Å². The van der Waals surface area contributed by atoms with E-state index in [0.717, 1.165) is 20.1 Å². The molecule has 0 unspecified atom stereocenters. The van der Waals surface area contributed by atoms with Crippen molar-refractivity contribution in [2.75, 3.05) is 24.9 Å². The quantitative estimate of drug-likeness (QED) is 0.395. The average molecular weight is 464 g/mol. The number of hydrogen-bond acceptors (Lipinski definition) is 8. The van der Waals surface area contributed by atoms with Crippen LogP contribution in [0.15, 0.2) is 64.1 Å². The van der Waals surface area contributed by atoms with Gasteiger partial charge in [-0.15, -0.1) is 0 Å². The number of thiazole rings is 1. The molecule has 0 aliphatic rings. The molecule has 8 nitrogen and oxygen atoms in total. The molecular formula is C22H17N5O3S2. The SMILES string of the molecule is COc1cc2nccc(Sc3ncc(NC(=O)Nc4cccc(C#N)c4)s3)c2cc1OC. The van der Waals surface area contributed by atoms with Gasteiger partial charge < -0.3 is 14.8 Å². The first kappa shape index (κ1) is 21.4. The summed E-state index contributed by atoms with van der Waals surface area (Å²) in [6, 6.07) is 14.0. The van der Waals surface area contributed by atoms with Gasteiger partial charge in [0.1, 0.15) is 5.00 Å². The molecule has 2 aromatic heterocycles. The average Bonchev–Trinajstić information content (AvgIpc) is 3.24. The number of nitrogens with one attached hydrogen (secondary N) is 2. The third-order valence-corrected chi connectivity index (χ3v) is 6.44. The molecule has 2 aromatic carbocycles. The number of rotatable bonds is 6. The maximum absolute atomic E-state index is 12.3. The number of amides is 2. The summed E-state index contributed by atoms with van der Waals surface area (Å²) in [6.45, 7) is 0. The predicted molar refractivity (Wildman–Crippen MR) is 125 cm³/mol. The van der Waals surface area contributed by atoms with E-state index in [0.29, 0.717) is 27.8 Å². The summed E-state index contributed by atoms with van der Waals surface area (Å²) < 4.78 is 11.5. The van der Waals surface area contributed by atoms with Crippen LogP contribution in [0.3, 0.4) is 0 Å². The molecule has 0 saturated heterocycles. The van der Waals surface area contributed by atoms with Crippen LogP contribution < -0.4 is 20.1 Å². The zero-order chi connectivity index (χ0) is 22.5. The predicted octanol–water partition coefficient (Wildman–Crippen LogP) is 5.38. The van der Waals surface area contributed by atoms with Gasteiger partial charge in [-0.25, -0.2) is 9.78 Å². The van der Waals surface area contributed by atoms with Crippen LogP contribution in [-0.2, 0) is 0 Å². The van der Waals surface area contributed by atoms with Crippen LogP contribution in [0.1, 0.15) is 5.56 Å². The standard InChI is InChI=1S/C22H17N5O3S2/c1-29-17-9-15-16(10-18(17)30-2)24-7-6-19(15)31-22-25-12-20(32-22)27-21(28)26-14-5-3-4-13(8-14)11-23/h3-10,12H,1-2H3,(H2,26,27,28). The number of anilines is 2. The molecule has 0 bridgehead atoms. The second kappa shape index (κ2) is 9.55. The highest BCUT2D eigenvalue weighted by molar-refractivity contribution is 8.01. The minimum absolute atomic E-state index is 0.411. The number of urea groups is 1. The number of aromatic nitrogens is 2. The molecule has 0 fully saturated rings. The zero-order valence-electron chi connectivity index (χ0n) is 17.1. The van der Waals surface area contributed by atoms with E-state index in [1.165, 1.54) is 23.1 Å². The molecule has 0 saturated carbocycles. The maximum Gasteiger partial charge on any atom is 0.324 e. The molecule has 2 N–H and O–H groups in total. The molecule has 0 aliphatic carbocycles. The molecule has 4 aromatic rings. The van der Waals surface area contributed by atoms with Crippen molar-refractivity contribution in [2.45, 2.75) is 9.24 Å². The van der Waals surface area contributed by atoms with Crippen molar-refractivity contribution in [1.82, 2.24) is 9.97 Å². The highest BCUT2D eigenvalue weighted by atomic mass is 32.2. The summed E-state index contributed by atoms with van der Waals surface area (Å²) in [4.78, 5) is 22.1. The van der Waals surface area contributed by atoms with Gasteiger partial charge in [0, 0.05) is 28.2 Å². The van der Waals surface area contributed by atoms with Gasteiger partial charge in [-0.2, -0.15) is 5.26 Å². The molecule has 2 heterocycles. The fourth-order valence-corrected chi connectivity index (χ4v) is 4.88. The zero-order valence-corrected chi connectivity index (χ0v) is 18.7. The first-order valence-electron chi connectivity index (χ1n) is 9.32. The number of methoxy groups -OCH3 is 2. The highest BCUT2D eigenvalue weighted by Crippen LogP contribution is 2.40. The molecule has 32 heavy (non-hydrogen) atoms. The van der Waals surface area contributed by atoms with Gasteiger partial charge in [0.05, 0.1) is 37.6 Å². The van der Waals surface area contributed by atoms with Gasteiger partial charge in [0.2, 0.25) is 0 Å². The van der Waals surface area contributed by atoms with Gasteiger partial charge >= 0.3 is 6.03 Å². The molecule has 0 spiro atoms. The first-order chi connectivity index (χ1) is 15.6. The van der Waals surface area contributed by atoms with E-state index in [1.54, 1.807) is 50.9 Å². The lowest BCUT2D eigenvalue weighted by Crippen LogP contribution is -2.18. The second-order valence-corrected chi connectivity index (χ2v) is 8.72. The van der Waals surface area contributed by atoms with E-state index in [-0.39, 0.29) is 0 Å². The fourth-order valence-electron chi connectivity index (χ4n) is 2.93. The van der Waals surface area contributed by atoms with Crippen molar-refractivity contribution >= 4 is 50.7 Å². The summed E-state index contributed by atoms with van der Waals surface area (Å²) in [7, 11) is 3.18. The summed E-state index contributed by atoms with van der Waals surface area (Å²) in [5, 5.41) is 16.0. The molecule has 160 valence electrons. The summed E-state index contributed by atoms with van der Waals surface area (Å²) in [5.74, 6) is 1.23. The van der Waals surface area contributed by atoms with Crippen molar-refractivity contribution < 1.29 is 14.3 Å². The van der Waals surface area contributed by atoms with Crippen molar-refractivity contribution in [3.05, 3.63) is 60.4 Å². The highest BCUT2D eigenvalue weighted by Gasteiger charge is 2.13. The fraction of sp³-hybridized carbons (Fsp3) is 0.0909. The molecule has 0 radical (unpaired) electrons. The number of nitrogens with zero attached hydrogens (tertiary/aromatic N) is 3. The summed E-state index contributed by atoms with van der Waals surface area (Å²) >= 11 is 2.82. The third-order valence-electron chi connectivity index (χ3n) is 4.37. The van der Waals surface area contributed by atoms with Crippen LogP contribution in [0.5, 0.6) is 11.5 Å². The largest absolute Gasteiger partial charge is 0.493 e. The second-order valence-electron chi connectivity index (χ2n) is 6.40. The first-order valence-corrected chi connectivity index (χ1v) is 11.0. The Kier molecular flexibility index (Phi) is 6.39. The molecule has 10 heteroatoms. The number of carbonyl (C=O) groups is 1. The topological polar surface area (TPSA) is 109 Å². The van der Waals surface area contributed by atoms with Crippen LogP contribution in [-0.4, -0.2) is 30.2 Å². The van der Waals surface area contributed by atoms with E-state index in [9.17, 15) is 4.79 Å². The minimum Gasteiger partial charge on any atom is -0.493 e. The Morgan fingerprint density at radius 3 is 2.69 bits per heavy atom. The Hall–Kier alpha value is -3.81. The Morgan fingerprint density at radius 1 is 1.09 bits per heavy atom. The van der Waals surface area contributed by atoms with E-state index >= 15 is 0 Å². The molecule has 4 rings (SSSR count). The van der Waals surface area contributed by atoms with Gasteiger partial charge in [-0.1, -0.05) is 29.2 Å². The monoisotopic (exact) mass is 463 g/mol. The summed E-state index contributed by atoms with van der Waals surface area (Å²) in [5.41, 5.74) is 1.79. The molecular weight excluding hydrogens is 446 g/mol. The molecule has 2 amide bonds. The van der Waals surface area contributed by atoms with Crippen LogP contribution >= 0.6 is 23.1 Å². The molecule has 0 atom stereocenters. The van der Waals surface area contributed by atoms with E-state index in [1.807, 2.05) is 24.3 Å². The van der Waals surface area contributed by atoms with Crippen molar-refractivity contribution in [2.24, 2.45) is 0 Å². The Labute approximate surface area is 192 Å². The lowest BCUT2D eigenvalue weighted by molar-refractivity contribution is 0.262. The third kappa shape index (κ3) is 4.74. The Morgan fingerprint density at radius 2 is 1.91 bits per heavy atom. The van der Waals surface area contributed by atoms with E-state index in [2.05, 4.69) is 20.6 Å². The number of hydrogen-bond donors (Lipinski definition) is 2. The van der Waals surface area contributed by atoms with Crippen molar-refractivity contribution in [1.29, 1.82) is 5.26 Å². The Balaban J connectivity index is 1.49. The number of ether oxygens (including phenoxy) is 2. The van der Waals surface area contributed by atoms with Gasteiger partial charge in [-0.3, -0.25) is 10.3 Å².